The topological polar surface area (TPSA) is 91.3 Å². The summed E-state index contributed by atoms with van der Waals surface area (Å²) in [5, 5.41) is 2.92. The summed E-state index contributed by atoms with van der Waals surface area (Å²) >= 11 is 0. The van der Waals surface area contributed by atoms with E-state index in [0.717, 1.165) is 13.0 Å². The number of sulfonamides is 1. The fourth-order valence-corrected chi connectivity index (χ4v) is 5.53. The largest absolute Gasteiger partial charge is 0.373 e. The van der Waals surface area contributed by atoms with E-state index < -0.39 is 10.0 Å². The van der Waals surface area contributed by atoms with Crippen LogP contribution in [0.4, 0.5) is 5.69 Å². The van der Waals surface area contributed by atoms with Crippen molar-refractivity contribution >= 4 is 27.5 Å². The van der Waals surface area contributed by atoms with Gasteiger partial charge in [0.2, 0.25) is 5.91 Å². The van der Waals surface area contributed by atoms with Crippen LogP contribution in [0.2, 0.25) is 0 Å². The predicted octanol–water partition coefficient (Wildman–Crippen LogP) is 2.57. The van der Waals surface area contributed by atoms with Gasteiger partial charge in [0.15, 0.2) is 0 Å². The van der Waals surface area contributed by atoms with Crippen molar-refractivity contribution in [1.82, 2.24) is 9.80 Å². The van der Waals surface area contributed by atoms with Gasteiger partial charge >= 0.3 is 0 Å². The minimum absolute atomic E-state index is 0.0547. The minimum Gasteiger partial charge on any atom is -0.373 e. The number of amidine groups is 1. The Bertz CT molecular complexity index is 921. The second-order valence-corrected chi connectivity index (χ2v) is 10.5. The first-order valence-electron chi connectivity index (χ1n) is 10.9. The Morgan fingerprint density at radius 1 is 1.23 bits per heavy atom. The number of hydrogen-bond acceptors (Lipinski definition) is 5. The van der Waals surface area contributed by atoms with Crippen LogP contribution in [0.25, 0.3) is 0 Å². The molecule has 1 N–H and O–H groups in total. The predicted molar refractivity (Wildman–Crippen MR) is 122 cm³/mol. The maximum Gasteiger partial charge on any atom is 0.284 e. The van der Waals surface area contributed by atoms with E-state index in [1.54, 1.807) is 12.1 Å². The van der Waals surface area contributed by atoms with Crippen molar-refractivity contribution in [1.29, 1.82) is 0 Å². The fraction of sp³-hybridized carbons (Fsp3) is 0.636. The summed E-state index contributed by atoms with van der Waals surface area (Å²) in [4.78, 5) is 17.3. The summed E-state index contributed by atoms with van der Waals surface area (Å²) in [6, 6.07) is 5.99. The van der Waals surface area contributed by atoms with Gasteiger partial charge in [0.25, 0.3) is 10.0 Å². The Morgan fingerprint density at radius 2 is 1.90 bits per heavy atom. The van der Waals surface area contributed by atoms with Gasteiger partial charge in [-0.1, -0.05) is 19.9 Å². The lowest BCUT2D eigenvalue weighted by molar-refractivity contribution is -0.130. The third-order valence-corrected chi connectivity index (χ3v) is 7.00. The number of hydrogen-bond donors (Lipinski definition) is 1. The van der Waals surface area contributed by atoms with Gasteiger partial charge in [-0.15, -0.1) is 4.40 Å². The molecule has 0 saturated carbocycles. The van der Waals surface area contributed by atoms with E-state index in [4.69, 9.17) is 4.74 Å². The van der Waals surface area contributed by atoms with Gasteiger partial charge < -0.3 is 15.0 Å². The van der Waals surface area contributed by atoms with Crippen LogP contribution < -0.4 is 5.32 Å². The molecular formula is C22H34N4O4S. The van der Waals surface area contributed by atoms with Crippen molar-refractivity contribution in [3.05, 3.63) is 24.3 Å². The Labute approximate surface area is 185 Å². The average Bonchev–Trinajstić information content (AvgIpc) is 3.05. The van der Waals surface area contributed by atoms with Crippen LogP contribution in [-0.2, 0) is 19.6 Å². The molecule has 31 heavy (non-hydrogen) atoms. The van der Waals surface area contributed by atoms with Crippen LogP contribution >= 0.6 is 0 Å². The SMILES string of the molecule is CC1CN(C(C(=O)Nc2cccc(S(=O)(=O)/N=C3/CCCN3C)c2)C(C)C)CC(C)O1. The quantitative estimate of drug-likeness (QED) is 0.716. The third kappa shape index (κ3) is 5.84. The van der Waals surface area contributed by atoms with Crippen LogP contribution in [-0.4, -0.2) is 74.9 Å². The van der Waals surface area contributed by atoms with Crippen molar-refractivity contribution in [3.8, 4) is 0 Å². The Hall–Kier alpha value is -1.97. The van der Waals surface area contributed by atoms with E-state index in [1.807, 2.05) is 39.6 Å². The van der Waals surface area contributed by atoms with Crippen molar-refractivity contribution < 1.29 is 17.9 Å². The summed E-state index contributed by atoms with van der Waals surface area (Å²) in [6.45, 7) is 10.2. The normalized spacial score (nSPS) is 25.2. The second-order valence-electron chi connectivity index (χ2n) is 8.92. The lowest BCUT2D eigenvalue weighted by Crippen LogP contribution is -2.55. The molecule has 0 radical (unpaired) electrons. The summed E-state index contributed by atoms with van der Waals surface area (Å²) < 4.78 is 35.4. The fourth-order valence-electron chi connectivity index (χ4n) is 4.39. The van der Waals surface area contributed by atoms with E-state index >= 15 is 0 Å². The molecule has 0 bridgehead atoms. The van der Waals surface area contributed by atoms with Crippen LogP contribution in [0.1, 0.15) is 40.5 Å². The van der Waals surface area contributed by atoms with Crippen molar-refractivity contribution in [2.45, 2.75) is 63.7 Å². The maximum absolute atomic E-state index is 13.2. The van der Waals surface area contributed by atoms with Crippen LogP contribution in [0, 0.1) is 5.92 Å². The molecule has 172 valence electrons. The van der Waals surface area contributed by atoms with Gasteiger partial charge in [-0.25, -0.2) is 0 Å². The molecule has 0 aliphatic carbocycles. The molecule has 8 nitrogen and oxygen atoms in total. The maximum atomic E-state index is 13.2. The van der Waals surface area contributed by atoms with Crippen molar-refractivity contribution in [3.63, 3.8) is 0 Å². The number of amides is 1. The second kappa shape index (κ2) is 9.67. The number of rotatable bonds is 6. The molecule has 9 heteroatoms. The van der Waals surface area contributed by atoms with E-state index in [-0.39, 0.29) is 35.0 Å². The number of anilines is 1. The zero-order valence-electron chi connectivity index (χ0n) is 19.0. The number of nitrogens with zero attached hydrogens (tertiary/aromatic N) is 3. The molecule has 2 aliphatic heterocycles. The number of morpholine rings is 1. The van der Waals surface area contributed by atoms with Crippen molar-refractivity contribution in [2.24, 2.45) is 10.3 Å². The Kier molecular flexibility index (Phi) is 7.39. The van der Waals surface area contributed by atoms with Gasteiger partial charge in [0.05, 0.1) is 23.1 Å². The highest BCUT2D eigenvalue weighted by Crippen LogP contribution is 2.23. The lowest BCUT2D eigenvalue weighted by Gasteiger charge is -2.41. The number of carbonyl (C=O) groups is 1. The number of benzene rings is 1. The number of carbonyl (C=O) groups excluding carboxylic acids is 1. The third-order valence-electron chi connectivity index (χ3n) is 5.70. The molecule has 3 unspecified atom stereocenters. The molecule has 2 fully saturated rings. The van der Waals surface area contributed by atoms with E-state index in [0.29, 0.717) is 31.0 Å². The van der Waals surface area contributed by atoms with Crippen LogP contribution in [0.3, 0.4) is 0 Å². The zero-order chi connectivity index (χ0) is 22.8. The molecular weight excluding hydrogens is 416 g/mol. The highest BCUT2D eigenvalue weighted by atomic mass is 32.2. The number of nitrogens with one attached hydrogen (secondary N) is 1. The smallest absolute Gasteiger partial charge is 0.284 e. The highest BCUT2D eigenvalue weighted by Gasteiger charge is 2.34. The monoisotopic (exact) mass is 450 g/mol. The standard InChI is InChI=1S/C22H34N4O4S/c1-15(2)21(26-13-16(3)30-17(4)14-26)22(27)23-18-8-6-9-19(12-18)31(28,29)24-20-10-7-11-25(20)5/h6,8-9,12,15-17,21H,7,10-11,13-14H2,1-5H3,(H,23,27)/b24-20-. The number of likely N-dealkylation sites (tertiary alicyclic amines) is 1. The van der Waals surface area contributed by atoms with Crippen LogP contribution in [0.15, 0.2) is 33.6 Å². The van der Waals surface area contributed by atoms with Gasteiger partial charge in [0.1, 0.15) is 5.84 Å². The molecule has 0 spiro atoms. The first kappa shape index (κ1) is 23.7. The van der Waals surface area contributed by atoms with Gasteiger partial charge in [-0.3, -0.25) is 9.69 Å². The van der Waals surface area contributed by atoms with Gasteiger partial charge in [-0.05, 0) is 44.4 Å². The van der Waals surface area contributed by atoms with E-state index in [1.165, 1.54) is 12.1 Å². The summed E-state index contributed by atoms with van der Waals surface area (Å²) in [6.07, 6.45) is 1.66. The summed E-state index contributed by atoms with van der Waals surface area (Å²) in [5.41, 5.74) is 0.450. The molecule has 2 aliphatic rings. The molecule has 3 rings (SSSR count). The zero-order valence-corrected chi connectivity index (χ0v) is 19.9. The Morgan fingerprint density at radius 3 is 2.48 bits per heavy atom. The van der Waals surface area contributed by atoms with Crippen LogP contribution in [0.5, 0.6) is 0 Å². The highest BCUT2D eigenvalue weighted by molar-refractivity contribution is 7.90. The summed E-state index contributed by atoms with van der Waals surface area (Å²) in [7, 11) is -1.99. The average molecular weight is 451 g/mol. The molecule has 3 atom stereocenters. The van der Waals surface area contributed by atoms with Crippen molar-refractivity contribution in [2.75, 3.05) is 32.0 Å². The first-order valence-corrected chi connectivity index (χ1v) is 12.4. The van der Waals surface area contributed by atoms with Gasteiger partial charge in [0, 0.05) is 38.8 Å². The van der Waals surface area contributed by atoms with E-state index in [2.05, 4.69) is 14.6 Å². The molecule has 0 aromatic heterocycles. The Balaban J connectivity index is 1.78. The molecule has 2 saturated heterocycles. The van der Waals surface area contributed by atoms with Gasteiger partial charge in [-0.2, -0.15) is 8.42 Å². The number of ether oxygens (including phenoxy) is 1. The van der Waals surface area contributed by atoms with E-state index in [9.17, 15) is 13.2 Å². The molecule has 1 amide bonds. The molecule has 1 aromatic rings. The molecule has 1 aromatic carbocycles. The summed E-state index contributed by atoms with van der Waals surface area (Å²) in [5.74, 6) is 0.520. The lowest BCUT2D eigenvalue weighted by atomic mass is 9.99. The minimum atomic E-state index is -3.84. The molecule has 2 heterocycles. The first-order chi connectivity index (χ1) is 14.6.